The Kier molecular flexibility index (Phi) is 4.91. The van der Waals surface area contributed by atoms with E-state index in [1.165, 1.54) is 16.7 Å². The van der Waals surface area contributed by atoms with Crippen molar-refractivity contribution in [1.82, 2.24) is 4.90 Å². The van der Waals surface area contributed by atoms with Crippen LogP contribution in [0.2, 0.25) is 0 Å². The lowest BCUT2D eigenvalue weighted by Gasteiger charge is -2.29. The molecule has 0 saturated carbocycles. The molecule has 3 heteroatoms. The smallest absolute Gasteiger partial charge is 0.232 e. The van der Waals surface area contributed by atoms with Crippen molar-refractivity contribution in [3.05, 3.63) is 107 Å². The number of nitrogens with zero attached hydrogens (tertiary/aromatic N) is 1. The Morgan fingerprint density at radius 2 is 1.55 bits per heavy atom. The van der Waals surface area contributed by atoms with E-state index in [0.717, 1.165) is 24.8 Å². The average Bonchev–Trinajstić information content (AvgIpc) is 3.15. The first-order chi connectivity index (χ1) is 14.3. The number of benzene rings is 3. The lowest BCUT2D eigenvalue weighted by Crippen LogP contribution is -2.40. The fraction of sp³-hybridized carbons (Fsp3) is 0.269. The number of aryl methyl sites for hydroxylation is 1. The molecule has 0 unspecified atom stereocenters. The summed E-state index contributed by atoms with van der Waals surface area (Å²) in [6.07, 6.45) is 2.27. The molecular weight excluding hydrogens is 358 g/mol. The molecule has 146 valence electrons. The van der Waals surface area contributed by atoms with Crippen molar-refractivity contribution < 1.29 is 9.53 Å². The van der Waals surface area contributed by atoms with Crippen molar-refractivity contribution >= 4 is 5.91 Å². The summed E-state index contributed by atoms with van der Waals surface area (Å²) < 4.78 is 6.15. The van der Waals surface area contributed by atoms with E-state index < -0.39 is 0 Å². The van der Waals surface area contributed by atoms with Gasteiger partial charge in [0.05, 0.1) is 18.6 Å². The molecule has 2 aliphatic heterocycles. The molecule has 1 amide bonds. The van der Waals surface area contributed by atoms with E-state index in [1.807, 2.05) is 35.2 Å². The van der Waals surface area contributed by atoms with Gasteiger partial charge in [0.15, 0.2) is 0 Å². The van der Waals surface area contributed by atoms with Crippen LogP contribution in [0.3, 0.4) is 0 Å². The van der Waals surface area contributed by atoms with Gasteiger partial charge in [-0.3, -0.25) is 4.79 Å². The Bertz CT molecular complexity index is 986. The zero-order valence-corrected chi connectivity index (χ0v) is 16.4. The van der Waals surface area contributed by atoms with Gasteiger partial charge in [-0.25, -0.2) is 0 Å². The summed E-state index contributed by atoms with van der Waals surface area (Å²) in [6, 6.07) is 29.1. The first-order valence-corrected chi connectivity index (χ1v) is 10.4. The third-order valence-electron chi connectivity index (χ3n) is 6.22. The summed E-state index contributed by atoms with van der Waals surface area (Å²) >= 11 is 0. The van der Waals surface area contributed by atoms with Gasteiger partial charge in [-0.1, -0.05) is 84.9 Å². The van der Waals surface area contributed by atoms with Gasteiger partial charge in [0, 0.05) is 6.42 Å². The Balaban J connectivity index is 1.49. The van der Waals surface area contributed by atoms with Gasteiger partial charge < -0.3 is 9.64 Å². The Hall–Kier alpha value is -2.91. The van der Waals surface area contributed by atoms with E-state index in [1.54, 1.807) is 0 Å². The second-order valence-electron chi connectivity index (χ2n) is 7.94. The van der Waals surface area contributed by atoms with Crippen LogP contribution in [0.15, 0.2) is 84.9 Å². The molecular formula is C26H25NO2. The molecule has 1 fully saturated rings. The third kappa shape index (κ3) is 3.47. The van der Waals surface area contributed by atoms with E-state index in [-0.39, 0.29) is 24.1 Å². The lowest BCUT2D eigenvalue weighted by atomic mass is 9.88. The molecule has 3 atom stereocenters. The fourth-order valence-corrected chi connectivity index (χ4v) is 4.74. The summed E-state index contributed by atoms with van der Waals surface area (Å²) in [5, 5.41) is 0. The number of hydrogen-bond donors (Lipinski definition) is 0. The van der Waals surface area contributed by atoms with Crippen LogP contribution in [0.4, 0.5) is 0 Å². The summed E-state index contributed by atoms with van der Waals surface area (Å²) in [6.45, 7) is 0.563. The van der Waals surface area contributed by atoms with Gasteiger partial charge in [0.1, 0.15) is 6.23 Å². The zero-order valence-electron chi connectivity index (χ0n) is 16.4. The van der Waals surface area contributed by atoms with E-state index >= 15 is 0 Å². The minimum Gasteiger partial charge on any atom is -0.355 e. The minimum absolute atomic E-state index is 0.0118. The number of carbonyl (C=O) groups is 1. The number of hydrogen-bond acceptors (Lipinski definition) is 2. The Morgan fingerprint density at radius 3 is 2.34 bits per heavy atom. The highest BCUT2D eigenvalue weighted by atomic mass is 16.5. The topological polar surface area (TPSA) is 29.5 Å². The average molecular weight is 383 g/mol. The highest BCUT2D eigenvalue weighted by Gasteiger charge is 2.44. The van der Waals surface area contributed by atoms with Crippen LogP contribution in [-0.2, 0) is 22.4 Å². The highest BCUT2D eigenvalue weighted by Crippen LogP contribution is 2.40. The van der Waals surface area contributed by atoms with Crippen LogP contribution in [0.25, 0.3) is 0 Å². The second-order valence-corrected chi connectivity index (χ2v) is 7.94. The largest absolute Gasteiger partial charge is 0.355 e. The summed E-state index contributed by atoms with van der Waals surface area (Å²) in [7, 11) is 0. The maximum atomic E-state index is 13.8. The number of ether oxygens (including phenoxy) is 1. The van der Waals surface area contributed by atoms with Crippen molar-refractivity contribution in [2.75, 3.05) is 6.61 Å². The Labute approximate surface area is 171 Å². The first-order valence-electron chi connectivity index (χ1n) is 10.4. The monoisotopic (exact) mass is 383 g/mol. The predicted molar refractivity (Wildman–Crippen MR) is 113 cm³/mol. The molecule has 0 radical (unpaired) electrons. The van der Waals surface area contributed by atoms with Gasteiger partial charge in [-0.05, 0) is 35.1 Å². The fourth-order valence-electron chi connectivity index (χ4n) is 4.74. The van der Waals surface area contributed by atoms with E-state index in [9.17, 15) is 4.79 Å². The van der Waals surface area contributed by atoms with Crippen molar-refractivity contribution in [1.29, 1.82) is 0 Å². The molecule has 1 saturated heterocycles. The van der Waals surface area contributed by atoms with Gasteiger partial charge in [0.25, 0.3) is 0 Å². The van der Waals surface area contributed by atoms with Crippen LogP contribution >= 0.6 is 0 Å². The summed E-state index contributed by atoms with van der Waals surface area (Å²) in [4.78, 5) is 15.9. The molecule has 2 heterocycles. The molecule has 29 heavy (non-hydrogen) atoms. The third-order valence-corrected chi connectivity index (χ3v) is 6.22. The quantitative estimate of drug-likeness (QED) is 0.642. The molecule has 3 nitrogen and oxygen atoms in total. The van der Waals surface area contributed by atoms with Crippen LogP contribution in [-0.4, -0.2) is 23.6 Å². The SMILES string of the molecule is O=C1[C@@H](CCc2ccccc2)c2ccccc2C[C@H]2OC[C@H](c3ccccc3)N12. The summed E-state index contributed by atoms with van der Waals surface area (Å²) in [5.74, 6) is 0.0616. The van der Waals surface area contributed by atoms with Gasteiger partial charge in [-0.2, -0.15) is 0 Å². The van der Waals surface area contributed by atoms with Crippen molar-refractivity contribution in [2.45, 2.75) is 37.5 Å². The van der Waals surface area contributed by atoms with E-state index in [2.05, 4.69) is 54.6 Å². The lowest BCUT2D eigenvalue weighted by molar-refractivity contribution is -0.139. The molecule has 2 aliphatic rings. The first kappa shape index (κ1) is 18.1. The van der Waals surface area contributed by atoms with Crippen LogP contribution in [0, 0.1) is 0 Å². The van der Waals surface area contributed by atoms with Crippen molar-refractivity contribution in [3.8, 4) is 0 Å². The summed E-state index contributed by atoms with van der Waals surface area (Å²) in [5.41, 5.74) is 4.82. The van der Waals surface area contributed by atoms with E-state index in [0.29, 0.717) is 6.61 Å². The molecule has 0 N–H and O–H groups in total. The van der Waals surface area contributed by atoms with Crippen LogP contribution in [0.1, 0.15) is 40.6 Å². The molecule has 3 aromatic carbocycles. The zero-order chi connectivity index (χ0) is 19.6. The van der Waals surface area contributed by atoms with Crippen LogP contribution in [0.5, 0.6) is 0 Å². The molecule has 0 spiro atoms. The van der Waals surface area contributed by atoms with Gasteiger partial charge in [0.2, 0.25) is 5.91 Å². The number of carbonyl (C=O) groups excluding carboxylic acids is 1. The number of fused-ring (bicyclic) bond motifs is 2. The Morgan fingerprint density at radius 1 is 0.862 bits per heavy atom. The molecule has 5 rings (SSSR count). The number of amides is 1. The maximum absolute atomic E-state index is 13.8. The molecule has 0 aromatic heterocycles. The minimum atomic E-state index is -0.185. The predicted octanol–water partition coefficient (Wildman–Crippen LogP) is 4.89. The second kappa shape index (κ2) is 7.84. The highest BCUT2D eigenvalue weighted by molar-refractivity contribution is 5.85. The molecule has 3 aromatic rings. The number of rotatable bonds is 4. The van der Waals surface area contributed by atoms with E-state index in [4.69, 9.17) is 4.74 Å². The van der Waals surface area contributed by atoms with Gasteiger partial charge >= 0.3 is 0 Å². The maximum Gasteiger partial charge on any atom is 0.232 e. The van der Waals surface area contributed by atoms with Gasteiger partial charge in [-0.15, -0.1) is 0 Å². The van der Waals surface area contributed by atoms with Crippen molar-refractivity contribution in [2.24, 2.45) is 0 Å². The standard InChI is InChI=1S/C26H25NO2/c28-26-23(16-15-19-9-3-1-4-10-19)22-14-8-7-13-21(22)17-25-27(26)24(18-29-25)20-11-5-2-6-12-20/h1-14,23-25H,15-18H2/t23-,24+,25+/m0/s1. The molecule has 0 bridgehead atoms. The normalized spacial score (nSPS) is 23.4. The van der Waals surface area contributed by atoms with Crippen molar-refractivity contribution in [3.63, 3.8) is 0 Å². The molecule has 0 aliphatic carbocycles. The van der Waals surface area contributed by atoms with Crippen LogP contribution < -0.4 is 0 Å².